The lowest BCUT2D eigenvalue weighted by Crippen LogP contribution is -2.40. The number of carboxylic acid groups (broad SMARTS) is 1. The molecule has 0 fully saturated rings. The van der Waals surface area contributed by atoms with E-state index in [1.54, 1.807) is 4.68 Å². The third-order valence-corrected chi connectivity index (χ3v) is 2.81. The fourth-order valence-corrected chi connectivity index (χ4v) is 1.74. The Morgan fingerprint density at radius 2 is 2.21 bits per heavy atom. The normalized spacial score (nSPS) is 10.3. The van der Waals surface area contributed by atoms with Crippen molar-refractivity contribution in [2.24, 2.45) is 7.05 Å². The molecule has 7 nitrogen and oxygen atoms in total. The molecule has 7 heteroatoms. The van der Waals surface area contributed by atoms with Crippen LogP contribution in [0.5, 0.6) is 0 Å². The lowest BCUT2D eigenvalue weighted by molar-refractivity contribution is -0.137. The summed E-state index contributed by atoms with van der Waals surface area (Å²) in [6.45, 7) is 4.77. The minimum absolute atomic E-state index is 0.0484. The van der Waals surface area contributed by atoms with Crippen molar-refractivity contribution in [1.82, 2.24) is 20.0 Å². The summed E-state index contributed by atoms with van der Waals surface area (Å²) in [5, 5.41) is 15.6. The van der Waals surface area contributed by atoms with Gasteiger partial charge in [-0.05, 0) is 13.8 Å². The van der Waals surface area contributed by atoms with Gasteiger partial charge < -0.3 is 15.3 Å². The van der Waals surface area contributed by atoms with Crippen molar-refractivity contribution < 1.29 is 14.7 Å². The summed E-state index contributed by atoms with van der Waals surface area (Å²) in [5.74, 6) is -0.908. The minimum atomic E-state index is -0.908. The average molecular weight is 268 g/mol. The number of aryl methyl sites for hydroxylation is 2. The third kappa shape index (κ3) is 4.61. The summed E-state index contributed by atoms with van der Waals surface area (Å²) in [7, 11) is 1.82. The summed E-state index contributed by atoms with van der Waals surface area (Å²) < 4.78 is 1.69. The molecule has 0 atom stereocenters. The standard InChI is InChI=1S/C12H20N4O3/c1-4-16(6-5-11(17)18)12(19)13-7-10-8-15(3)14-9(10)2/h8H,4-7H2,1-3H3,(H,13,19)(H,17,18). The number of amides is 2. The van der Waals surface area contributed by atoms with E-state index in [2.05, 4.69) is 10.4 Å². The lowest BCUT2D eigenvalue weighted by atomic mass is 10.2. The zero-order valence-corrected chi connectivity index (χ0v) is 11.5. The van der Waals surface area contributed by atoms with Crippen LogP contribution in [0, 0.1) is 6.92 Å². The van der Waals surface area contributed by atoms with E-state index in [0.29, 0.717) is 13.1 Å². The van der Waals surface area contributed by atoms with E-state index in [-0.39, 0.29) is 19.0 Å². The van der Waals surface area contributed by atoms with Crippen molar-refractivity contribution >= 4 is 12.0 Å². The summed E-state index contributed by atoms with van der Waals surface area (Å²) in [4.78, 5) is 23.8. The molecular formula is C12H20N4O3. The Labute approximate surface area is 112 Å². The first-order chi connectivity index (χ1) is 8.93. The molecule has 19 heavy (non-hydrogen) atoms. The number of carbonyl (C=O) groups excluding carboxylic acids is 1. The first-order valence-corrected chi connectivity index (χ1v) is 6.17. The molecule has 0 aliphatic carbocycles. The summed E-state index contributed by atoms with van der Waals surface area (Å²) in [6.07, 6.45) is 1.80. The van der Waals surface area contributed by atoms with Gasteiger partial charge in [-0.15, -0.1) is 0 Å². The summed E-state index contributed by atoms with van der Waals surface area (Å²) in [5.41, 5.74) is 1.82. The lowest BCUT2D eigenvalue weighted by Gasteiger charge is -2.20. The van der Waals surface area contributed by atoms with Gasteiger partial charge in [0.2, 0.25) is 0 Å². The fourth-order valence-electron chi connectivity index (χ4n) is 1.74. The van der Waals surface area contributed by atoms with E-state index in [9.17, 15) is 9.59 Å². The van der Waals surface area contributed by atoms with Crippen LogP contribution in [0.1, 0.15) is 24.6 Å². The molecule has 2 amide bonds. The molecule has 0 saturated carbocycles. The molecule has 0 aliphatic heterocycles. The molecule has 1 aromatic rings. The number of hydrogen-bond acceptors (Lipinski definition) is 3. The number of rotatable bonds is 6. The van der Waals surface area contributed by atoms with Crippen LogP contribution >= 0.6 is 0 Å². The highest BCUT2D eigenvalue weighted by Gasteiger charge is 2.13. The quantitative estimate of drug-likeness (QED) is 0.796. The van der Waals surface area contributed by atoms with Crippen molar-refractivity contribution in [3.05, 3.63) is 17.5 Å². The number of aliphatic carboxylic acids is 1. The molecule has 106 valence electrons. The van der Waals surface area contributed by atoms with Crippen LogP contribution in [0.3, 0.4) is 0 Å². The highest BCUT2D eigenvalue weighted by atomic mass is 16.4. The molecule has 0 aromatic carbocycles. The molecule has 0 aliphatic rings. The second-order valence-electron chi connectivity index (χ2n) is 4.30. The molecule has 0 bridgehead atoms. The van der Waals surface area contributed by atoms with E-state index in [4.69, 9.17) is 5.11 Å². The highest BCUT2D eigenvalue weighted by Crippen LogP contribution is 2.04. The van der Waals surface area contributed by atoms with Crippen LogP contribution in [0.25, 0.3) is 0 Å². The average Bonchev–Trinajstić information content (AvgIpc) is 2.65. The largest absolute Gasteiger partial charge is 0.481 e. The molecule has 2 N–H and O–H groups in total. The van der Waals surface area contributed by atoms with E-state index in [0.717, 1.165) is 11.3 Å². The van der Waals surface area contributed by atoms with Crippen LogP contribution in [-0.2, 0) is 18.4 Å². The second-order valence-corrected chi connectivity index (χ2v) is 4.30. The predicted octanol–water partition coefficient (Wildman–Crippen LogP) is 0.735. The van der Waals surface area contributed by atoms with Crippen LogP contribution in [0.15, 0.2) is 6.20 Å². The number of hydrogen-bond donors (Lipinski definition) is 2. The van der Waals surface area contributed by atoms with E-state index >= 15 is 0 Å². The SMILES string of the molecule is CCN(CCC(=O)O)C(=O)NCc1cn(C)nc1C. The number of carbonyl (C=O) groups is 2. The summed E-state index contributed by atoms with van der Waals surface area (Å²) >= 11 is 0. The van der Waals surface area contributed by atoms with Gasteiger partial charge in [0.05, 0.1) is 12.1 Å². The molecule has 0 spiro atoms. The predicted molar refractivity (Wildman–Crippen MR) is 69.7 cm³/mol. The van der Waals surface area contributed by atoms with E-state index in [1.165, 1.54) is 4.90 Å². The Morgan fingerprint density at radius 1 is 1.53 bits per heavy atom. The maximum atomic E-state index is 11.9. The van der Waals surface area contributed by atoms with Crippen LogP contribution in [-0.4, -0.2) is 44.9 Å². The van der Waals surface area contributed by atoms with Crippen molar-refractivity contribution in [3.8, 4) is 0 Å². The topological polar surface area (TPSA) is 87.5 Å². The van der Waals surface area contributed by atoms with Gasteiger partial charge in [0.1, 0.15) is 0 Å². The summed E-state index contributed by atoms with van der Waals surface area (Å²) in [6, 6.07) is -0.257. The van der Waals surface area contributed by atoms with Gasteiger partial charge in [-0.3, -0.25) is 9.48 Å². The monoisotopic (exact) mass is 268 g/mol. The van der Waals surface area contributed by atoms with Crippen LogP contribution in [0.2, 0.25) is 0 Å². The Bertz CT molecular complexity index is 456. The van der Waals surface area contributed by atoms with Crippen molar-refractivity contribution in [1.29, 1.82) is 0 Å². The highest BCUT2D eigenvalue weighted by molar-refractivity contribution is 5.75. The number of nitrogens with zero attached hydrogens (tertiary/aromatic N) is 3. The number of nitrogens with one attached hydrogen (secondary N) is 1. The molecular weight excluding hydrogens is 248 g/mol. The third-order valence-electron chi connectivity index (χ3n) is 2.81. The first kappa shape index (κ1) is 15.0. The van der Waals surface area contributed by atoms with Gasteiger partial charge in [0.15, 0.2) is 0 Å². The molecule has 1 aromatic heterocycles. The fraction of sp³-hybridized carbons (Fsp3) is 0.583. The van der Waals surface area contributed by atoms with Gasteiger partial charge in [-0.2, -0.15) is 5.10 Å². The van der Waals surface area contributed by atoms with Gasteiger partial charge in [0.25, 0.3) is 0 Å². The van der Waals surface area contributed by atoms with Gasteiger partial charge in [0, 0.05) is 38.4 Å². The first-order valence-electron chi connectivity index (χ1n) is 6.17. The van der Waals surface area contributed by atoms with E-state index in [1.807, 2.05) is 27.1 Å². The van der Waals surface area contributed by atoms with Gasteiger partial charge >= 0.3 is 12.0 Å². The van der Waals surface area contributed by atoms with Crippen molar-refractivity contribution in [2.45, 2.75) is 26.8 Å². The van der Waals surface area contributed by atoms with Gasteiger partial charge in [-0.1, -0.05) is 0 Å². The molecule has 0 radical (unpaired) electrons. The molecule has 0 saturated heterocycles. The van der Waals surface area contributed by atoms with Gasteiger partial charge in [-0.25, -0.2) is 4.79 Å². The van der Waals surface area contributed by atoms with Crippen LogP contribution < -0.4 is 5.32 Å². The number of urea groups is 1. The minimum Gasteiger partial charge on any atom is -0.481 e. The Morgan fingerprint density at radius 3 is 2.68 bits per heavy atom. The maximum Gasteiger partial charge on any atom is 0.317 e. The number of aromatic nitrogens is 2. The Hall–Kier alpha value is -2.05. The van der Waals surface area contributed by atoms with Crippen molar-refractivity contribution in [3.63, 3.8) is 0 Å². The van der Waals surface area contributed by atoms with Crippen molar-refractivity contribution in [2.75, 3.05) is 13.1 Å². The molecule has 1 heterocycles. The Balaban J connectivity index is 2.48. The zero-order valence-electron chi connectivity index (χ0n) is 11.5. The van der Waals surface area contributed by atoms with E-state index < -0.39 is 5.97 Å². The Kier molecular flexibility index (Phi) is 5.35. The smallest absolute Gasteiger partial charge is 0.317 e. The molecule has 0 unspecified atom stereocenters. The zero-order chi connectivity index (χ0) is 14.4. The second kappa shape index (κ2) is 6.77. The maximum absolute atomic E-state index is 11.9. The number of carboxylic acids is 1. The molecule has 1 rings (SSSR count). The van der Waals surface area contributed by atoms with Crippen LogP contribution in [0.4, 0.5) is 4.79 Å².